The fourth-order valence-corrected chi connectivity index (χ4v) is 4.06. The summed E-state index contributed by atoms with van der Waals surface area (Å²) in [5, 5.41) is 12.8. The third kappa shape index (κ3) is 6.55. The molecule has 2 unspecified atom stereocenters. The molecule has 0 aliphatic carbocycles. The average molecular weight is 459 g/mol. The highest BCUT2D eigenvalue weighted by atomic mass is 16.5. The molecular formula is C24H34N4O5. The number of hydrogen-bond acceptors (Lipinski definition) is 8. The number of anilines is 3. The molecule has 2 atom stereocenters. The van der Waals surface area contributed by atoms with Crippen molar-refractivity contribution in [3.05, 3.63) is 36.2 Å². The highest BCUT2D eigenvalue weighted by molar-refractivity contribution is 5.77. The first-order valence-electron chi connectivity index (χ1n) is 11.3. The number of carbonyl (C=O) groups is 1. The van der Waals surface area contributed by atoms with E-state index in [4.69, 9.17) is 14.2 Å². The van der Waals surface area contributed by atoms with Gasteiger partial charge in [0.15, 0.2) is 0 Å². The summed E-state index contributed by atoms with van der Waals surface area (Å²) in [6.07, 6.45) is 3.35. The summed E-state index contributed by atoms with van der Waals surface area (Å²) in [6.45, 7) is 9.17. The molecule has 1 aliphatic heterocycles. The molecule has 3 rings (SSSR count). The Balaban J connectivity index is 1.99. The number of benzene rings is 1. The number of carboxylic acids is 1. The minimum Gasteiger partial charge on any atom is -0.481 e. The van der Waals surface area contributed by atoms with Crippen molar-refractivity contribution in [3.8, 4) is 6.01 Å². The molecule has 1 aromatic heterocycles. The van der Waals surface area contributed by atoms with Crippen molar-refractivity contribution >= 4 is 23.0 Å². The largest absolute Gasteiger partial charge is 0.481 e. The van der Waals surface area contributed by atoms with E-state index in [-0.39, 0.29) is 18.4 Å². The maximum atomic E-state index is 11.4. The molecule has 1 aliphatic rings. The van der Waals surface area contributed by atoms with Crippen molar-refractivity contribution in [1.82, 2.24) is 9.97 Å². The van der Waals surface area contributed by atoms with E-state index >= 15 is 0 Å². The molecule has 0 radical (unpaired) electrons. The molecule has 0 saturated carbocycles. The topological polar surface area (TPSA) is 106 Å². The van der Waals surface area contributed by atoms with Crippen LogP contribution in [0.4, 0.5) is 17.1 Å². The predicted molar refractivity (Wildman–Crippen MR) is 127 cm³/mol. The maximum Gasteiger partial charge on any atom is 0.316 e. The number of ether oxygens (including phenoxy) is 3. The Bertz CT molecular complexity index is 906. The fourth-order valence-electron chi connectivity index (χ4n) is 4.06. The van der Waals surface area contributed by atoms with E-state index in [1.807, 2.05) is 19.1 Å². The quantitative estimate of drug-likeness (QED) is 0.521. The second kappa shape index (κ2) is 11.8. The van der Waals surface area contributed by atoms with Gasteiger partial charge in [0.1, 0.15) is 0 Å². The van der Waals surface area contributed by atoms with Crippen molar-refractivity contribution in [2.75, 3.05) is 50.3 Å². The summed E-state index contributed by atoms with van der Waals surface area (Å²) in [4.78, 5) is 22.3. The second-order valence-electron chi connectivity index (χ2n) is 8.42. The van der Waals surface area contributed by atoms with Gasteiger partial charge in [0.05, 0.1) is 68.3 Å². The van der Waals surface area contributed by atoms with E-state index in [0.29, 0.717) is 44.0 Å². The number of morpholine rings is 1. The molecule has 2 N–H and O–H groups in total. The molecule has 1 fully saturated rings. The third-order valence-corrected chi connectivity index (χ3v) is 5.71. The van der Waals surface area contributed by atoms with E-state index < -0.39 is 5.97 Å². The van der Waals surface area contributed by atoms with Crippen LogP contribution >= 0.6 is 0 Å². The van der Waals surface area contributed by atoms with Crippen LogP contribution in [0.25, 0.3) is 0 Å². The lowest BCUT2D eigenvalue weighted by Gasteiger charge is -2.40. The first-order chi connectivity index (χ1) is 15.9. The molecule has 180 valence electrons. The van der Waals surface area contributed by atoms with Crippen LogP contribution in [-0.2, 0) is 14.3 Å². The molecule has 0 amide bonds. The highest BCUT2D eigenvalue weighted by Crippen LogP contribution is 2.36. The standard InChI is InChI=1S/C24H34N4O5/c1-5-33-24-25-12-19(13-26-24)27-20-10-17(18(14-31-4)11-23(29)30)6-7-21(20)28-8-9-32-15-22(28)16(2)3/h6-7,10,12-13,16,18,22,27H,5,8-9,11,14-15H2,1-4H3,(H,29,30). The number of carboxylic acid groups (broad SMARTS) is 1. The van der Waals surface area contributed by atoms with Gasteiger partial charge in [0.25, 0.3) is 0 Å². The molecule has 9 nitrogen and oxygen atoms in total. The Morgan fingerprint density at radius 2 is 2.09 bits per heavy atom. The van der Waals surface area contributed by atoms with Crippen LogP contribution in [0.2, 0.25) is 0 Å². The van der Waals surface area contributed by atoms with Gasteiger partial charge >= 0.3 is 12.0 Å². The summed E-state index contributed by atoms with van der Waals surface area (Å²) >= 11 is 0. The highest BCUT2D eigenvalue weighted by Gasteiger charge is 2.28. The minimum atomic E-state index is -0.858. The zero-order chi connectivity index (χ0) is 23.8. The number of nitrogens with one attached hydrogen (secondary N) is 1. The zero-order valence-corrected chi connectivity index (χ0v) is 19.8. The lowest BCUT2D eigenvalue weighted by atomic mass is 9.94. The van der Waals surface area contributed by atoms with Crippen molar-refractivity contribution in [2.24, 2.45) is 5.92 Å². The average Bonchev–Trinajstić information content (AvgIpc) is 2.80. The van der Waals surface area contributed by atoms with Crippen molar-refractivity contribution in [3.63, 3.8) is 0 Å². The van der Waals surface area contributed by atoms with Gasteiger partial charge in [-0.2, -0.15) is 0 Å². The molecule has 2 aromatic rings. The van der Waals surface area contributed by atoms with Gasteiger partial charge < -0.3 is 29.5 Å². The summed E-state index contributed by atoms with van der Waals surface area (Å²) in [7, 11) is 1.58. The molecule has 2 heterocycles. The normalized spacial score (nSPS) is 17.1. The molecule has 33 heavy (non-hydrogen) atoms. The minimum absolute atomic E-state index is 0.00896. The van der Waals surface area contributed by atoms with Crippen LogP contribution in [0.1, 0.15) is 38.7 Å². The Kier molecular flexibility index (Phi) is 8.85. The first kappa shape index (κ1) is 24.7. The van der Waals surface area contributed by atoms with E-state index in [1.54, 1.807) is 19.5 Å². The zero-order valence-electron chi connectivity index (χ0n) is 19.8. The number of hydrogen-bond donors (Lipinski definition) is 2. The van der Waals surface area contributed by atoms with Gasteiger partial charge in [-0.05, 0) is 30.5 Å². The van der Waals surface area contributed by atoms with Crippen molar-refractivity contribution in [2.45, 2.75) is 39.2 Å². The summed E-state index contributed by atoms with van der Waals surface area (Å²) in [5.74, 6) is -0.715. The fraction of sp³-hybridized carbons (Fsp3) is 0.542. The number of nitrogens with zero attached hydrogens (tertiary/aromatic N) is 3. The second-order valence-corrected chi connectivity index (χ2v) is 8.42. The van der Waals surface area contributed by atoms with Gasteiger partial charge in [0, 0.05) is 19.6 Å². The van der Waals surface area contributed by atoms with Gasteiger partial charge in [0.2, 0.25) is 0 Å². The number of aliphatic carboxylic acids is 1. The smallest absolute Gasteiger partial charge is 0.316 e. The molecular weight excluding hydrogens is 424 g/mol. The summed E-state index contributed by atoms with van der Waals surface area (Å²) in [5.41, 5.74) is 3.50. The van der Waals surface area contributed by atoms with Gasteiger partial charge in [-0.25, -0.2) is 9.97 Å². The van der Waals surface area contributed by atoms with E-state index in [9.17, 15) is 9.90 Å². The third-order valence-electron chi connectivity index (χ3n) is 5.71. The SMILES string of the molecule is CCOc1ncc(Nc2cc(C(COC)CC(=O)O)ccc2N2CCOCC2C(C)C)cn1. The lowest BCUT2D eigenvalue weighted by Crippen LogP contribution is -2.48. The summed E-state index contributed by atoms with van der Waals surface area (Å²) in [6, 6.07) is 6.61. The number of aromatic nitrogens is 2. The van der Waals surface area contributed by atoms with Crippen LogP contribution in [0.15, 0.2) is 30.6 Å². The predicted octanol–water partition coefficient (Wildman–Crippen LogP) is 3.68. The van der Waals surface area contributed by atoms with Crippen molar-refractivity contribution in [1.29, 1.82) is 0 Å². The molecule has 1 saturated heterocycles. The lowest BCUT2D eigenvalue weighted by molar-refractivity contribution is -0.137. The van der Waals surface area contributed by atoms with E-state index in [0.717, 1.165) is 23.5 Å². The first-order valence-corrected chi connectivity index (χ1v) is 11.3. The van der Waals surface area contributed by atoms with Crippen LogP contribution in [-0.4, -0.2) is 67.2 Å². The maximum absolute atomic E-state index is 11.4. The van der Waals surface area contributed by atoms with E-state index in [1.165, 1.54) is 0 Å². The number of methoxy groups -OCH3 is 1. The molecule has 9 heteroatoms. The molecule has 1 aromatic carbocycles. The Hall–Kier alpha value is -2.91. The van der Waals surface area contributed by atoms with Gasteiger partial charge in [-0.1, -0.05) is 19.9 Å². The van der Waals surface area contributed by atoms with Crippen LogP contribution in [0, 0.1) is 5.92 Å². The van der Waals surface area contributed by atoms with Crippen LogP contribution in [0.5, 0.6) is 6.01 Å². The van der Waals surface area contributed by atoms with Crippen molar-refractivity contribution < 1.29 is 24.1 Å². The Labute approximate surface area is 195 Å². The summed E-state index contributed by atoms with van der Waals surface area (Å²) < 4.78 is 16.4. The number of rotatable bonds is 11. The Morgan fingerprint density at radius 3 is 2.73 bits per heavy atom. The van der Waals surface area contributed by atoms with Crippen LogP contribution in [0.3, 0.4) is 0 Å². The Morgan fingerprint density at radius 1 is 1.33 bits per heavy atom. The monoisotopic (exact) mass is 458 g/mol. The van der Waals surface area contributed by atoms with E-state index in [2.05, 4.69) is 40.1 Å². The van der Waals surface area contributed by atoms with Gasteiger partial charge in [-0.3, -0.25) is 4.79 Å². The molecule has 0 bridgehead atoms. The van der Waals surface area contributed by atoms with Gasteiger partial charge in [-0.15, -0.1) is 0 Å². The molecule has 0 spiro atoms. The van der Waals surface area contributed by atoms with Crippen LogP contribution < -0.4 is 15.0 Å².